The Morgan fingerprint density at radius 1 is 1.14 bits per heavy atom. The molecule has 1 heterocycles. The minimum absolute atomic E-state index is 0.516. The molecule has 0 bridgehead atoms. The molecule has 110 valence electrons. The summed E-state index contributed by atoms with van der Waals surface area (Å²) in [5.41, 5.74) is 4.39. The minimum atomic E-state index is 0.516. The normalized spacial score (nSPS) is 11.8. The third kappa shape index (κ3) is 2.95. The van der Waals surface area contributed by atoms with Crippen LogP contribution < -0.4 is 0 Å². The highest BCUT2D eigenvalue weighted by Crippen LogP contribution is 2.19. The van der Waals surface area contributed by atoms with Gasteiger partial charge in [-0.05, 0) is 42.3 Å². The third-order valence-electron chi connectivity index (χ3n) is 3.68. The molecule has 0 amide bonds. The van der Waals surface area contributed by atoms with E-state index in [1.54, 1.807) is 12.1 Å². The van der Waals surface area contributed by atoms with Crippen LogP contribution >= 0.6 is 11.6 Å². The van der Waals surface area contributed by atoms with E-state index >= 15 is 0 Å². The van der Waals surface area contributed by atoms with Gasteiger partial charge in [0.15, 0.2) is 0 Å². The lowest BCUT2D eigenvalue weighted by molar-refractivity contribution is 0.318. The van der Waals surface area contributed by atoms with Crippen molar-refractivity contribution in [3.05, 3.63) is 76.4 Å². The summed E-state index contributed by atoms with van der Waals surface area (Å²) < 4.78 is 0. The smallest absolute Gasteiger partial charge is 0.0912 e. The molecule has 0 saturated heterocycles. The lowest BCUT2D eigenvalue weighted by atomic mass is 10.00. The van der Waals surface area contributed by atoms with E-state index < -0.39 is 0 Å². The Hall–Kier alpha value is -2.39. The van der Waals surface area contributed by atoms with Gasteiger partial charge < -0.3 is 5.21 Å². The number of aryl methyl sites for hydroxylation is 1. The lowest BCUT2D eigenvalue weighted by Gasteiger charge is -2.09. The quantitative estimate of drug-likeness (QED) is 0.436. The molecule has 0 unspecified atom stereocenters. The van der Waals surface area contributed by atoms with Crippen LogP contribution in [0.15, 0.2) is 59.8 Å². The van der Waals surface area contributed by atoms with Gasteiger partial charge in [0.05, 0.1) is 11.2 Å². The Kier molecular flexibility index (Phi) is 4.07. The van der Waals surface area contributed by atoms with Gasteiger partial charge in [-0.15, -0.1) is 0 Å². The van der Waals surface area contributed by atoms with Crippen molar-refractivity contribution in [1.82, 2.24) is 4.98 Å². The molecular weight excluding hydrogens is 296 g/mol. The molecule has 0 fully saturated rings. The van der Waals surface area contributed by atoms with Gasteiger partial charge in [0.1, 0.15) is 0 Å². The van der Waals surface area contributed by atoms with E-state index in [0.29, 0.717) is 17.2 Å². The van der Waals surface area contributed by atoms with Crippen molar-refractivity contribution in [2.24, 2.45) is 5.16 Å². The van der Waals surface area contributed by atoms with Crippen molar-refractivity contribution in [1.29, 1.82) is 0 Å². The van der Waals surface area contributed by atoms with Crippen LogP contribution in [-0.4, -0.2) is 15.9 Å². The highest BCUT2D eigenvalue weighted by molar-refractivity contribution is 6.30. The molecule has 0 radical (unpaired) electrons. The molecule has 1 N–H and O–H groups in total. The fourth-order valence-corrected chi connectivity index (χ4v) is 2.58. The lowest BCUT2D eigenvalue weighted by Crippen LogP contribution is -2.07. The fourth-order valence-electron chi connectivity index (χ4n) is 2.45. The highest BCUT2D eigenvalue weighted by Gasteiger charge is 2.10. The molecule has 0 atom stereocenters. The van der Waals surface area contributed by atoms with E-state index in [1.165, 1.54) is 0 Å². The number of nitrogens with zero attached hydrogens (tertiary/aromatic N) is 2. The number of aromatic nitrogens is 1. The third-order valence-corrected chi connectivity index (χ3v) is 3.93. The van der Waals surface area contributed by atoms with Gasteiger partial charge in [-0.25, -0.2) is 0 Å². The fraction of sp³-hybridized carbons (Fsp3) is 0.111. The number of hydrogen-bond acceptors (Lipinski definition) is 3. The summed E-state index contributed by atoms with van der Waals surface area (Å²) in [5, 5.41) is 14.5. The van der Waals surface area contributed by atoms with Crippen LogP contribution in [0.5, 0.6) is 0 Å². The largest absolute Gasteiger partial charge is 0.411 e. The molecule has 2 aromatic carbocycles. The van der Waals surface area contributed by atoms with Crippen molar-refractivity contribution in [2.75, 3.05) is 0 Å². The zero-order valence-corrected chi connectivity index (χ0v) is 12.9. The van der Waals surface area contributed by atoms with Crippen LogP contribution in [0.1, 0.15) is 16.8 Å². The van der Waals surface area contributed by atoms with E-state index in [0.717, 1.165) is 27.7 Å². The van der Waals surface area contributed by atoms with Gasteiger partial charge in [-0.1, -0.05) is 47.1 Å². The van der Waals surface area contributed by atoms with Crippen molar-refractivity contribution in [3.63, 3.8) is 0 Å². The zero-order valence-electron chi connectivity index (χ0n) is 12.1. The van der Waals surface area contributed by atoms with Crippen LogP contribution in [-0.2, 0) is 6.42 Å². The van der Waals surface area contributed by atoms with Crippen LogP contribution in [0, 0.1) is 6.92 Å². The van der Waals surface area contributed by atoms with Crippen LogP contribution in [0.2, 0.25) is 5.02 Å². The number of benzene rings is 2. The summed E-state index contributed by atoms with van der Waals surface area (Å²) in [5.74, 6) is 0. The number of oxime groups is 1. The summed E-state index contributed by atoms with van der Waals surface area (Å²) in [6, 6.07) is 17.4. The van der Waals surface area contributed by atoms with E-state index in [-0.39, 0.29) is 0 Å². The predicted molar refractivity (Wildman–Crippen MR) is 90.0 cm³/mol. The molecule has 22 heavy (non-hydrogen) atoms. The molecule has 0 saturated carbocycles. The number of para-hydroxylation sites is 1. The van der Waals surface area contributed by atoms with Crippen molar-refractivity contribution in [3.8, 4) is 0 Å². The standard InChI is InChI=1S/C18H15ClN2O/c1-12-15(10-14-4-2-3-5-17(14)20-12)11-18(21-22)13-6-8-16(19)9-7-13/h2-10,22H,11H2,1H3/b21-18-. The number of hydrogen-bond donors (Lipinski definition) is 1. The molecule has 1 aromatic heterocycles. The highest BCUT2D eigenvalue weighted by atomic mass is 35.5. The molecule has 3 nitrogen and oxygen atoms in total. The second-order valence-corrected chi connectivity index (χ2v) is 5.59. The molecule has 3 aromatic rings. The van der Waals surface area contributed by atoms with E-state index in [9.17, 15) is 5.21 Å². The average molecular weight is 311 g/mol. The summed E-state index contributed by atoms with van der Waals surface area (Å²) in [6.45, 7) is 1.97. The first kappa shape index (κ1) is 14.5. The Morgan fingerprint density at radius 3 is 2.59 bits per heavy atom. The van der Waals surface area contributed by atoms with Crippen molar-refractivity contribution in [2.45, 2.75) is 13.3 Å². The Balaban J connectivity index is 1.97. The number of rotatable bonds is 3. The maximum atomic E-state index is 9.35. The second kappa shape index (κ2) is 6.16. The Morgan fingerprint density at radius 2 is 1.86 bits per heavy atom. The van der Waals surface area contributed by atoms with E-state index in [4.69, 9.17) is 11.6 Å². The molecule has 0 aliphatic rings. The second-order valence-electron chi connectivity index (χ2n) is 5.16. The molecule has 0 aliphatic carbocycles. The average Bonchev–Trinajstić information content (AvgIpc) is 2.54. The molecule has 4 heteroatoms. The Bertz CT molecular complexity index is 841. The van der Waals surface area contributed by atoms with Gasteiger partial charge in [0.2, 0.25) is 0 Å². The number of pyridine rings is 1. The van der Waals surface area contributed by atoms with E-state index in [1.807, 2.05) is 43.3 Å². The van der Waals surface area contributed by atoms with E-state index in [2.05, 4.69) is 16.2 Å². The van der Waals surface area contributed by atoms with Crippen LogP contribution in [0.25, 0.3) is 10.9 Å². The minimum Gasteiger partial charge on any atom is -0.411 e. The maximum Gasteiger partial charge on any atom is 0.0912 e. The summed E-state index contributed by atoms with van der Waals surface area (Å²) >= 11 is 5.90. The molecule has 0 spiro atoms. The van der Waals surface area contributed by atoms with Crippen LogP contribution in [0.3, 0.4) is 0 Å². The number of halogens is 1. The topological polar surface area (TPSA) is 45.5 Å². The van der Waals surface area contributed by atoms with Gasteiger partial charge in [-0.2, -0.15) is 0 Å². The monoisotopic (exact) mass is 310 g/mol. The molecule has 3 rings (SSSR count). The first-order chi connectivity index (χ1) is 10.7. The zero-order chi connectivity index (χ0) is 15.5. The summed E-state index contributed by atoms with van der Waals surface area (Å²) in [6.07, 6.45) is 0.516. The summed E-state index contributed by atoms with van der Waals surface area (Å²) in [4.78, 5) is 4.61. The van der Waals surface area contributed by atoms with Crippen LogP contribution in [0.4, 0.5) is 0 Å². The summed E-state index contributed by atoms with van der Waals surface area (Å²) in [7, 11) is 0. The molecular formula is C18H15ClN2O. The van der Waals surface area contributed by atoms with Gasteiger partial charge in [0, 0.05) is 22.5 Å². The SMILES string of the molecule is Cc1nc2ccccc2cc1C/C(=N/O)c1ccc(Cl)cc1. The van der Waals surface area contributed by atoms with Crippen molar-refractivity contribution >= 4 is 28.2 Å². The number of fused-ring (bicyclic) bond motifs is 1. The van der Waals surface area contributed by atoms with Gasteiger partial charge >= 0.3 is 0 Å². The van der Waals surface area contributed by atoms with Gasteiger partial charge in [0.25, 0.3) is 0 Å². The predicted octanol–water partition coefficient (Wildman–Crippen LogP) is 4.62. The molecule has 0 aliphatic heterocycles. The maximum absolute atomic E-state index is 9.35. The van der Waals surface area contributed by atoms with Crippen molar-refractivity contribution < 1.29 is 5.21 Å². The van der Waals surface area contributed by atoms with Gasteiger partial charge in [-0.3, -0.25) is 4.98 Å². The Labute approximate surface area is 133 Å². The first-order valence-corrected chi connectivity index (χ1v) is 7.37. The first-order valence-electron chi connectivity index (χ1n) is 6.99.